The van der Waals surface area contributed by atoms with E-state index in [4.69, 9.17) is 32.6 Å². The van der Waals surface area contributed by atoms with Gasteiger partial charge in [0.1, 0.15) is 30.1 Å². The second-order valence-electron chi connectivity index (χ2n) is 17.0. The van der Waals surface area contributed by atoms with Gasteiger partial charge in [-0.1, -0.05) is 14.0 Å². The molecule has 0 aliphatic heterocycles. The summed E-state index contributed by atoms with van der Waals surface area (Å²) in [6.07, 6.45) is 13.8. The second-order valence-corrected chi connectivity index (χ2v) is 17.0. The second kappa shape index (κ2) is 27.2. The van der Waals surface area contributed by atoms with Crippen molar-refractivity contribution in [1.82, 2.24) is 59.3 Å². The van der Waals surface area contributed by atoms with E-state index in [1.54, 1.807) is 44.9 Å². The predicted octanol–water partition coefficient (Wildman–Crippen LogP) is 5.19. The number of carboxylic acid groups (broad SMARTS) is 1. The third-order valence-electron chi connectivity index (χ3n) is 10.9. The van der Waals surface area contributed by atoms with Crippen LogP contribution in [0, 0.1) is 6.57 Å². The first kappa shape index (κ1) is 59.2. The van der Waals surface area contributed by atoms with Crippen LogP contribution < -0.4 is 48.3 Å². The molecule has 9 aromatic rings. The Morgan fingerprint density at radius 3 is 1.47 bits per heavy atom. The van der Waals surface area contributed by atoms with Gasteiger partial charge in [-0.15, -0.1) is 4.98 Å². The number of oxazole rings is 2. The van der Waals surface area contributed by atoms with Crippen LogP contribution in [0.4, 0.5) is 34.5 Å². The highest BCUT2D eigenvalue weighted by Crippen LogP contribution is 2.31. The minimum atomic E-state index is -1.31. The third-order valence-corrected chi connectivity index (χ3v) is 10.9. The molecule has 408 valence electrons. The van der Waals surface area contributed by atoms with E-state index in [0.29, 0.717) is 34.9 Å². The maximum absolute atomic E-state index is 13.0. The highest BCUT2D eigenvalue weighted by atomic mass is 16.4. The number of pyridine rings is 5. The molecule has 0 aliphatic carbocycles. The molecular formula is C53H59N19O7. The normalized spacial score (nSPS) is 10.2. The quantitative estimate of drug-likeness (QED) is 0.0983. The van der Waals surface area contributed by atoms with E-state index in [1.165, 1.54) is 58.5 Å². The number of hydrogen-bond acceptors (Lipinski definition) is 21. The summed E-state index contributed by atoms with van der Waals surface area (Å²) in [5.41, 5.74) is 22.8. The van der Waals surface area contributed by atoms with Crippen LogP contribution in [-0.2, 0) is 27.2 Å². The molecule has 0 saturated carbocycles. The summed E-state index contributed by atoms with van der Waals surface area (Å²) < 4.78 is 13.3. The van der Waals surface area contributed by atoms with Gasteiger partial charge in [0, 0.05) is 111 Å². The third kappa shape index (κ3) is 14.8. The van der Waals surface area contributed by atoms with Crippen molar-refractivity contribution in [3.05, 3.63) is 171 Å². The number of hydrogen-bond donors (Lipinski definition) is 5. The van der Waals surface area contributed by atoms with E-state index in [2.05, 4.69) is 55.0 Å². The monoisotopic (exact) mass is 1070 g/mol. The van der Waals surface area contributed by atoms with Gasteiger partial charge >= 0.3 is 5.97 Å². The van der Waals surface area contributed by atoms with Gasteiger partial charge in [0.15, 0.2) is 34.4 Å². The Hall–Kier alpha value is -10.7. The molecule has 8 N–H and O–H groups in total. The van der Waals surface area contributed by atoms with Gasteiger partial charge in [0.05, 0.1) is 47.4 Å². The molecule has 0 atom stereocenters. The van der Waals surface area contributed by atoms with Crippen molar-refractivity contribution in [3.8, 4) is 45.7 Å². The van der Waals surface area contributed by atoms with Gasteiger partial charge < -0.3 is 65.1 Å². The summed E-state index contributed by atoms with van der Waals surface area (Å²) in [7, 11) is 14.7. The molecule has 0 radical (unpaired) electrons. The molecule has 26 heteroatoms. The van der Waals surface area contributed by atoms with Crippen LogP contribution in [0.15, 0.2) is 135 Å². The van der Waals surface area contributed by atoms with Crippen LogP contribution in [0.1, 0.15) is 39.8 Å². The minimum Gasteiger partial charge on any atom is -0.476 e. The van der Waals surface area contributed by atoms with Gasteiger partial charge in [-0.25, -0.2) is 34.7 Å². The molecule has 0 aliphatic rings. The Morgan fingerprint density at radius 2 is 1.06 bits per heavy atom. The fraction of sp³-hybridized carbons (Fsp3) is 0.208. The first-order valence-electron chi connectivity index (χ1n) is 23.3. The minimum absolute atomic E-state index is 0. The van der Waals surface area contributed by atoms with Crippen LogP contribution in [0.2, 0.25) is 0 Å². The van der Waals surface area contributed by atoms with Crippen molar-refractivity contribution in [2.24, 2.45) is 19.8 Å². The molecule has 0 bridgehead atoms. The molecule has 9 aromatic heterocycles. The first-order chi connectivity index (χ1) is 37.3. The van der Waals surface area contributed by atoms with Crippen LogP contribution in [-0.4, -0.2) is 113 Å². The maximum Gasteiger partial charge on any atom is 0.358 e. The number of rotatable bonds is 12. The largest absolute Gasteiger partial charge is 0.476 e. The molecule has 26 nitrogen and oxygen atoms in total. The smallest absolute Gasteiger partial charge is 0.358 e. The number of aryl methyl sites for hydroxylation is 2. The summed E-state index contributed by atoms with van der Waals surface area (Å²) in [5.74, 6) is -1.36. The van der Waals surface area contributed by atoms with E-state index < -0.39 is 11.9 Å². The first-order valence-corrected chi connectivity index (χ1v) is 23.3. The van der Waals surface area contributed by atoms with Crippen molar-refractivity contribution < 1.29 is 23.5 Å². The van der Waals surface area contributed by atoms with Crippen LogP contribution in [0.5, 0.6) is 0 Å². The van der Waals surface area contributed by atoms with Crippen molar-refractivity contribution in [2.45, 2.75) is 20.5 Å². The number of nitrogen functional groups attached to an aromatic ring is 2. The molecule has 0 aromatic carbocycles. The number of aromatic carboxylic acids is 1. The van der Waals surface area contributed by atoms with Crippen LogP contribution >= 0.6 is 0 Å². The number of aromatic nitrogens is 11. The molecule has 9 rings (SSSR count). The SMILES string of the molecule is C.CN(C)c1cccnc1CN.CN(C)c1cccnc1CNC(=O)c1nc(-c2ccc(=O)n(C)c2)c(-c2ncco2)nc1N.Cn1cc(-c2nc(C(=O)O)c(N)nc2-c2ncco2)ccc1=O.[C-]#[N+]c1ncccc1N(C)C. The van der Waals surface area contributed by atoms with E-state index in [0.717, 1.165) is 22.8 Å². The Labute approximate surface area is 453 Å². The number of carbonyl (C=O) groups is 2. The van der Waals surface area contributed by atoms with Crippen molar-refractivity contribution in [3.63, 3.8) is 0 Å². The standard InChI is InChI=1S/C22H22N8O3.C14H11N5O4.C8H9N3.C8H13N3.CH4/c1-29(2)15-5-4-8-24-14(15)11-26-21(32)19-20(23)28-18(22-25-9-10-33-22)17(27-19)13-6-7-16(31)30(3)12-13;1-19-6-7(2-3-8(19)20)9-10(13-16-4-5-23-13)18-12(15)11(17-9)14(21)22;1-9-8-7(11(2)3)5-4-6-10-8;1-11(2)8-4-3-5-10-7(8)6-9;/h4-10,12H,11H2,1-3H3,(H2,23,28)(H,26,32);2-6H,1H3,(H2,15,18)(H,21,22);4-6H,2-3H3;3-5H,6,9H2,1-2H3;1H4. The number of anilines is 5. The predicted molar refractivity (Wildman–Crippen MR) is 300 cm³/mol. The average Bonchev–Trinajstić information content (AvgIpc) is 4.19. The number of carbonyl (C=O) groups excluding carboxylic acids is 1. The number of nitrogens with one attached hydrogen (secondary N) is 1. The number of nitrogens with two attached hydrogens (primary N) is 3. The zero-order valence-corrected chi connectivity index (χ0v) is 43.7. The van der Waals surface area contributed by atoms with E-state index in [9.17, 15) is 24.3 Å². The van der Waals surface area contributed by atoms with Gasteiger partial charge in [-0.05, 0) is 48.5 Å². The molecule has 0 unspecified atom stereocenters. The highest BCUT2D eigenvalue weighted by Gasteiger charge is 2.24. The van der Waals surface area contributed by atoms with Gasteiger partial charge in [-0.2, -0.15) is 0 Å². The fourth-order valence-electron chi connectivity index (χ4n) is 7.11. The van der Waals surface area contributed by atoms with E-state index in [-0.39, 0.29) is 77.0 Å². The molecule has 0 fully saturated rings. The molecule has 0 saturated heterocycles. The van der Waals surface area contributed by atoms with E-state index >= 15 is 0 Å². The summed E-state index contributed by atoms with van der Waals surface area (Å²) >= 11 is 0. The van der Waals surface area contributed by atoms with Gasteiger partial charge in [-0.3, -0.25) is 24.4 Å². The molecule has 1 amide bonds. The topological polar surface area (TPSA) is 345 Å². The maximum atomic E-state index is 13.0. The van der Waals surface area contributed by atoms with Crippen molar-refractivity contribution in [2.75, 3.05) is 68.5 Å². The Kier molecular flexibility index (Phi) is 20.4. The summed E-state index contributed by atoms with van der Waals surface area (Å²) in [5, 5.41) is 12.0. The van der Waals surface area contributed by atoms with Gasteiger partial charge in [0.25, 0.3) is 11.7 Å². The lowest BCUT2D eigenvalue weighted by atomic mass is 10.1. The fourth-order valence-corrected chi connectivity index (χ4v) is 7.11. The van der Waals surface area contributed by atoms with Crippen LogP contribution in [0.25, 0.3) is 50.5 Å². The molecule has 9 heterocycles. The Balaban J connectivity index is 0.000000215. The number of amides is 1. The zero-order valence-electron chi connectivity index (χ0n) is 43.7. The lowest BCUT2D eigenvalue weighted by Crippen LogP contribution is -2.27. The van der Waals surface area contributed by atoms with Gasteiger partial charge in [0.2, 0.25) is 22.9 Å². The molecule has 0 spiro atoms. The average molecular weight is 1070 g/mol. The highest BCUT2D eigenvalue weighted by molar-refractivity contribution is 5.98. The molecule has 79 heavy (non-hydrogen) atoms. The number of carboxylic acids is 1. The summed E-state index contributed by atoms with van der Waals surface area (Å²) in [6, 6.07) is 17.2. The molecular weight excluding hydrogens is 1010 g/mol. The Morgan fingerprint density at radius 1 is 0.620 bits per heavy atom. The van der Waals surface area contributed by atoms with Crippen LogP contribution in [0.3, 0.4) is 0 Å². The lowest BCUT2D eigenvalue weighted by molar-refractivity contribution is 0.0691. The lowest BCUT2D eigenvalue weighted by Gasteiger charge is -2.17. The van der Waals surface area contributed by atoms with Crippen molar-refractivity contribution in [1.29, 1.82) is 0 Å². The number of nitrogens with zero attached hydrogens (tertiary/aromatic N) is 15. The van der Waals surface area contributed by atoms with Crippen molar-refractivity contribution >= 4 is 46.4 Å². The Bertz CT molecular complexity index is 3680. The zero-order chi connectivity index (χ0) is 56.6. The summed E-state index contributed by atoms with van der Waals surface area (Å²) in [6.45, 7) is 7.48. The summed E-state index contributed by atoms with van der Waals surface area (Å²) in [4.78, 5) is 94.2. The van der Waals surface area contributed by atoms with E-state index in [1.807, 2.05) is 93.4 Å².